The average Bonchev–Trinajstić information content (AvgIpc) is 2.67. The molecule has 2 aromatic carbocycles. The number of aryl methyl sites for hydroxylation is 1. The monoisotopic (exact) mass is 369 g/mol. The Bertz CT molecular complexity index is 955. The van der Waals surface area contributed by atoms with Gasteiger partial charge in [-0.05, 0) is 48.9 Å². The normalized spacial score (nSPS) is 10.8. The first kappa shape index (κ1) is 18.8. The van der Waals surface area contributed by atoms with Gasteiger partial charge in [0.05, 0.1) is 32.0 Å². The van der Waals surface area contributed by atoms with Gasteiger partial charge < -0.3 is 24.1 Å². The van der Waals surface area contributed by atoms with E-state index < -0.39 is 0 Å². The molecule has 0 radical (unpaired) electrons. The number of fused-ring (bicyclic) bond motifs is 1. The van der Waals surface area contributed by atoms with Gasteiger partial charge in [-0.15, -0.1) is 0 Å². The predicted molar refractivity (Wildman–Crippen MR) is 104 cm³/mol. The van der Waals surface area contributed by atoms with Crippen LogP contribution in [0.25, 0.3) is 22.2 Å². The Balaban J connectivity index is 2.01. The minimum atomic E-state index is 0.00768. The van der Waals surface area contributed by atoms with Gasteiger partial charge in [0.1, 0.15) is 12.4 Å². The minimum absolute atomic E-state index is 0.00768. The van der Waals surface area contributed by atoms with Crippen molar-refractivity contribution in [2.75, 3.05) is 34.5 Å². The Morgan fingerprint density at radius 3 is 2.48 bits per heavy atom. The van der Waals surface area contributed by atoms with Gasteiger partial charge in [-0.2, -0.15) is 0 Å². The van der Waals surface area contributed by atoms with Crippen LogP contribution in [0.4, 0.5) is 0 Å². The topological polar surface area (TPSA) is 70.0 Å². The van der Waals surface area contributed by atoms with Crippen LogP contribution < -0.4 is 14.2 Å². The van der Waals surface area contributed by atoms with Gasteiger partial charge in [0.25, 0.3) is 0 Å². The number of aromatic nitrogens is 1. The van der Waals surface area contributed by atoms with Gasteiger partial charge in [0.2, 0.25) is 5.75 Å². The standard InChI is InChI=1S/C21H23NO5/c1-13-9-18(14-10-19(23)21(26-4)20(11-14)25-3)22-17-6-5-15(12-16(13)17)27-8-7-24-2/h5-6,9-12,23H,7-8H2,1-4H3. The summed E-state index contributed by atoms with van der Waals surface area (Å²) in [6.07, 6.45) is 0. The second-order valence-corrected chi connectivity index (χ2v) is 6.08. The number of hydrogen-bond donors (Lipinski definition) is 1. The fourth-order valence-electron chi connectivity index (χ4n) is 2.95. The van der Waals surface area contributed by atoms with Crippen LogP contribution in [0.1, 0.15) is 5.56 Å². The molecule has 1 N–H and O–H groups in total. The highest BCUT2D eigenvalue weighted by atomic mass is 16.5. The Labute approximate surface area is 158 Å². The number of phenolic OH excluding ortho intramolecular Hbond substituents is 1. The van der Waals surface area contributed by atoms with Gasteiger partial charge in [-0.25, -0.2) is 4.98 Å². The van der Waals surface area contributed by atoms with Gasteiger partial charge >= 0.3 is 0 Å². The number of rotatable bonds is 7. The van der Waals surface area contributed by atoms with Crippen LogP contribution >= 0.6 is 0 Å². The molecule has 0 atom stereocenters. The molecule has 6 heteroatoms. The van der Waals surface area contributed by atoms with E-state index in [0.717, 1.165) is 33.5 Å². The van der Waals surface area contributed by atoms with Crippen LogP contribution in [0.3, 0.4) is 0 Å². The Morgan fingerprint density at radius 1 is 0.963 bits per heavy atom. The van der Waals surface area contributed by atoms with Crippen molar-refractivity contribution in [3.8, 4) is 34.3 Å². The number of pyridine rings is 1. The molecule has 1 aromatic heterocycles. The summed E-state index contributed by atoms with van der Waals surface area (Å²) < 4.78 is 21.2. The number of nitrogens with zero attached hydrogens (tertiary/aromatic N) is 1. The van der Waals surface area contributed by atoms with Crippen molar-refractivity contribution < 1.29 is 24.1 Å². The van der Waals surface area contributed by atoms with E-state index >= 15 is 0 Å². The lowest BCUT2D eigenvalue weighted by Crippen LogP contribution is -2.04. The van der Waals surface area contributed by atoms with Crippen molar-refractivity contribution in [3.05, 3.63) is 42.0 Å². The van der Waals surface area contributed by atoms with E-state index in [4.69, 9.17) is 23.9 Å². The van der Waals surface area contributed by atoms with Gasteiger partial charge in [0.15, 0.2) is 11.5 Å². The molecule has 27 heavy (non-hydrogen) atoms. The molecular weight excluding hydrogens is 346 g/mol. The van der Waals surface area contributed by atoms with Crippen molar-refractivity contribution >= 4 is 10.9 Å². The summed E-state index contributed by atoms with van der Waals surface area (Å²) in [5, 5.41) is 11.2. The Morgan fingerprint density at radius 2 is 1.78 bits per heavy atom. The molecule has 0 amide bonds. The van der Waals surface area contributed by atoms with Crippen molar-refractivity contribution in [3.63, 3.8) is 0 Å². The lowest BCUT2D eigenvalue weighted by atomic mass is 10.0. The Hall–Kier alpha value is -2.99. The highest BCUT2D eigenvalue weighted by Crippen LogP contribution is 2.40. The molecule has 0 bridgehead atoms. The van der Waals surface area contributed by atoms with E-state index in [1.807, 2.05) is 31.2 Å². The molecule has 1 heterocycles. The van der Waals surface area contributed by atoms with Crippen LogP contribution in [-0.2, 0) is 4.74 Å². The summed E-state index contributed by atoms with van der Waals surface area (Å²) in [4.78, 5) is 4.73. The fourth-order valence-corrected chi connectivity index (χ4v) is 2.95. The maximum Gasteiger partial charge on any atom is 0.203 e. The molecule has 142 valence electrons. The van der Waals surface area contributed by atoms with Crippen LogP contribution in [0.5, 0.6) is 23.0 Å². The molecule has 0 aliphatic rings. The van der Waals surface area contributed by atoms with E-state index in [0.29, 0.717) is 24.7 Å². The third kappa shape index (κ3) is 3.90. The third-order valence-corrected chi connectivity index (χ3v) is 4.30. The van der Waals surface area contributed by atoms with Crippen molar-refractivity contribution in [2.24, 2.45) is 0 Å². The van der Waals surface area contributed by atoms with E-state index in [-0.39, 0.29) is 5.75 Å². The quantitative estimate of drug-likeness (QED) is 0.636. The summed E-state index contributed by atoms with van der Waals surface area (Å²) in [5.74, 6) is 1.54. The smallest absolute Gasteiger partial charge is 0.203 e. The summed E-state index contributed by atoms with van der Waals surface area (Å²) >= 11 is 0. The maximum absolute atomic E-state index is 10.2. The van der Waals surface area contributed by atoms with E-state index in [9.17, 15) is 5.11 Å². The van der Waals surface area contributed by atoms with Crippen LogP contribution in [0, 0.1) is 6.92 Å². The molecule has 0 aliphatic carbocycles. The first-order chi connectivity index (χ1) is 13.1. The van der Waals surface area contributed by atoms with Gasteiger partial charge in [0, 0.05) is 18.1 Å². The van der Waals surface area contributed by atoms with Crippen molar-refractivity contribution in [1.29, 1.82) is 0 Å². The molecule has 0 unspecified atom stereocenters. The van der Waals surface area contributed by atoms with Crippen LogP contribution in [-0.4, -0.2) is 44.6 Å². The van der Waals surface area contributed by atoms with Gasteiger partial charge in [-0.1, -0.05) is 0 Å². The predicted octanol–water partition coefficient (Wildman–Crippen LogP) is 3.96. The molecule has 0 saturated carbocycles. The first-order valence-corrected chi connectivity index (χ1v) is 8.56. The number of methoxy groups -OCH3 is 3. The zero-order valence-electron chi connectivity index (χ0n) is 15.9. The molecule has 0 saturated heterocycles. The maximum atomic E-state index is 10.2. The summed E-state index contributed by atoms with van der Waals surface area (Å²) in [5.41, 5.74) is 3.39. The zero-order valence-corrected chi connectivity index (χ0v) is 15.9. The van der Waals surface area contributed by atoms with Crippen molar-refractivity contribution in [1.82, 2.24) is 4.98 Å². The van der Waals surface area contributed by atoms with Crippen LogP contribution in [0.2, 0.25) is 0 Å². The summed E-state index contributed by atoms with van der Waals surface area (Å²) in [7, 11) is 4.67. The second-order valence-electron chi connectivity index (χ2n) is 6.08. The van der Waals surface area contributed by atoms with E-state index in [1.54, 1.807) is 19.2 Å². The zero-order chi connectivity index (χ0) is 19.4. The molecule has 0 fully saturated rings. The van der Waals surface area contributed by atoms with E-state index in [2.05, 4.69) is 0 Å². The number of ether oxygens (including phenoxy) is 4. The van der Waals surface area contributed by atoms with Crippen molar-refractivity contribution in [2.45, 2.75) is 6.92 Å². The number of hydrogen-bond acceptors (Lipinski definition) is 6. The fraction of sp³-hybridized carbons (Fsp3) is 0.286. The second kappa shape index (κ2) is 8.14. The number of benzene rings is 2. The third-order valence-electron chi connectivity index (χ3n) is 4.30. The van der Waals surface area contributed by atoms with E-state index in [1.165, 1.54) is 14.2 Å². The summed E-state index contributed by atoms with van der Waals surface area (Å²) in [6.45, 7) is 3.06. The molecule has 3 rings (SSSR count). The molecule has 3 aromatic rings. The number of phenols is 1. The lowest BCUT2D eigenvalue weighted by molar-refractivity contribution is 0.146. The largest absolute Gasteiger partial charge is 0.504 e. The number of aromatic hydroxyl groups is 1. The highest BCUT2D eigenvalue weighted by molar-refractivity contribution is 5.86. The lowest BCUT2D eigenvalue weighted by Gasteiger charge is -2.13. The minimum Gasteiger partial charge on any atom is -0.504 e. The first-order valence-electron chi connectivity index (χ1n) is 8.56. The molecule has 0 spiro atoms. The SMILES string of the molecule is COCCOc1ccc2nc(-c3cc(O)c(OC)c(OC)c3)cc(C)c2c1. The van der Waals surface area contributed by atoms with Crippen LogP contribution in [0.15, 0.2) is 36.4 Å². The molecule has 6 nitrogen and oxygen atoms in total. The van der Waals surface area contributed by atoms with Gasteiger partial charge in [-0.3, -0.25) is 0 Å². The molecule has 0 aliphatic heterocycles. The highest BCUT2D eigenvalue weighted by Gasteiger charge is 2.14. The average molecular weight is 369 g/mol. The molecular formula is C21H23NO5. The summed E-state index contributed by atoms with van der Waals surface area (Å²) in [6, 6.07) is 11.2. The Kier molecular flexibility index (Phi) is 5.66.